The number of anilines is 1. The third-order valence-corrected chi connectivity index (χ3v) is 8.88. The van der Waals surface area contributed by atoms with Crippen LogP contribution in [0.15, 0.2) is 108 Å². The molecule has 0 radical (unpaired) electrons. The number of amides is 1. The summed E-state index contributed by atoms with van der Waals surface area (Å²) in [4.78, 5) is 28.3. The molecule has 1 amide bonds. The molecule has 1 aliphatic rings. The van der Waals surface area contributed by atoms with E-state index in [1.807, 2.05) is 91.9 Å². The number of hydrogen-bond acceptors (Lipinski definition) is 7. The van der Waals surface area contributed by atoms with E-state index in [0.29, 0.717) is 47.4 Å². The Balaban J connectivity index is 1.14. The van der Waals surface area contributed by atoms with E-state index >= 15 is 0 Å². The van der Waals surface area contributed by atoms with E-state index in [1.54, 1.807) is 19.9 Å². The number of aromatic nitrogens is 1. The fourth-order valence-corrected chi connectivity index (χ4v) is 6.33. The van der Waals surface area contributed by atoms with Gasteiger partial charge < -0.3 is 14.0 Å². The summed E-state index contributed by atoms with van der Waals surface area (Å²) in [6.07, 6.45) is -1.19. The van der Waals surface area contributed by atoms with Crippen LogP contribution in [0.2, 0.25) is 5.02 Å². The highest BCUT2D eigenvalue weighted by Gasteiger charge is 2.51. The molecule has 47 heavy (non-hydrogen) atoms. The van der Waals surface area contributed by atoms with Crippen molar-refractivity contribution in [3.63, 3.8) is 0 Å². The zero-order valence-electron chi connectivity index (χ0n) is 26.5. The van der Waals surface area contributed by atoms with E-state index < -0.39 is 17.6 Å². The van der Waals surface area contributed by atoms with Crippen LogP contribution in [0.1, 0.15) is 42.3 Å². The van der Waals surface area contributed by atoms with Crippen LogP contribution in [0, 0.1) is 6.92 Å². The van der Waals surface area contributed by atoms with Gasteiger partial charge in [-0.25, -0.2) is 4.79 Å². The van der Waals surface area contributed by atoms with Crippen LogP contribution in [-0.4, -0.2) is 41.8 Å². The van der Waals surface area contributed by atoms with Crippen molar-refractivity contribution < 1.29 is 23.6 Å². The van der Waals surface area contributed by atoms with E-state index in [0.717, 1.165) is 28.8 Å². The second-order valence-corrected chi connectivity index (χ2v) is 12.2. The van der Waals surface area contributed by atoms with Crippen molar-refractivity contribution >= 4 is 29.4 Å². The standard InChI is InChI=1S/C38H36ClN3O5/c1-4-45-36(43)38(23-42(24-38)22-27-10-6-5-7-11-27)31-20-18-29(19-21-31)28-14-16-30(17-15-28)35-34(25(2)41-47-35)40-37(44)46-26(3)32-12-8-9-13-33(32)39/h5-21,26H,4,22-24H2,1-3H3,(H,40,44)/t26-/m1/s1. The molecule has 1 saturated heterocycles. The quantitative estimate of drug-likeness (QED) is 0.151. The number of benzene rings is 4. The van der Waals surface area contributed by atoms with Gasteiger partial charge in [0, 0.05) is 35.8 Å². The summed E-state index contributed by atoms with van der Waals surface area (Å²) >= 11 is 6.27. The summed E-state index contributed by atoms with van der Waals surface area (Å²) in [5.74, 6) is 0.239. The molecule has 1 fully saturated rings. The molecule has 4 aromatic carbocycles. The molecule has 0 saturated carbocycles. The second-order valence-electron chi connectivity index (χ2n) is 11.8. The topological polar surface area (TPSA) is 93.9 Å². The van der Waals surface area contributed by atoms with Crippen LogP contribution >= 0.6 is 11.6 Å². The fraction of sp³-hybridized carbons (Fsp3) is 0.237. The van der Waals surface area contributed by atoms with Crippen LogP contribution in [0.25, 0.3) is 22.5 Å². The molecule has 1 N–H and O–H groups in total. The van der Waals surface area contributed by atoms with Crippen LogP contribution in [0.4, 0.5) is 10.5 Å². The predicted octanol–water partition coefficient (Wildman–Crippen LogP) is 8.60. The number of nitrogens with one attached hydrogen (secondary N) is 1. The van der Waals surface area contributed by atoms with Crippen molar-refractivity contribution in [2.24, 2.45) is 0 Å². The highest BCUT2D eigenvalue weighted by molar-refractivity contribution is 6.31. The molecule has 0 aliphatic carbocycles. The minimum Gasteiger partial charge on any atom is -0.465 e. The van der Waals surface area contributed by atoms with Crippen molar-refractivity contribution in [2.45, 2.75) is 38.8 Å². The number of carbonyl (C=O) groups is 2. The van der Waals surface area contributed by atoms with Gasteiger partial charge in [-0.3, -0.25) is 15.0 Å². The predicted molar refractivity (Wildman–Crippen MR) is 182 cm³/mol. The van der Waals surface area contributed by atoms with Gasteiger partial charge in [0.1, 0.15) is 22.9 Å². The van der Waals surface area contributed by atoms with E-state index in [4.69, 9.17) is 25.6 Å². The van der Waals surface area contributed by atoms with E-state index in [9.17, 15) is 9.59 Å². The van der Waals surface area contributed by atoms with E-state index in [-0.39, 0.29) is 5.97 Å². The Labute approximate surface area is 279 Å². The second kappa shape index (κ2) is 13.8. The molecule has 0 spiro atoms. The van der Waals surface area contributed by atoms with Gasteiger partial charge in [0.05, 0.1) is 6.61 Å². The first-order valence-corrected chi connectivity index (χ1v) is 16.0. The normalized spacial score (nSPS) is 14.6. The van der Waals surface area contributed by atoms with Crippen molar-refractivity contribution in [1.29, 1.82) is 0 Å². The number of likely N-dealkylation sites (tertiary alicyclic amines) is 1. The molecule has 240 valence electrons. The zero-order valence-corrected chi connectivity index (χ0v) is 27.3. The number of ether oxygens (including phenoxy) is 2. The number of aryl methyl sites for hydroxylation is 1. The van der Waals surface area contributed by atoms with Crippen LogP contribution < -0.4 is 5.32 Å². The van der Waals surface area contributed by atoms with Gasteiger partial charge >= 0.3 is 12.1 Å². The Kier molecular flexibility index (Phi) is 9.43. The molecular weight excluding hydrogens is 614 g/mol. The number of rotatable bonds is 10. The summed E-state index contributed by atoms with van der Waals surface area (Å²) in [6, 6.07) is 33.4. The Morgan fingerprint density at radius 2 is 1.53 bits per heavy atom. The third kappa shape index (κ3) is 6.80. The highest BCUT2D eigenvalue weighted by Crippen LogP contribution is 2.39. The molecule has 2 heterocycles. The summed E-state index contributed by atoms with van der Waals surface area (Å²) in [5, 5.41) is 7.39. The molecule has 0 bridgehead atoms. The lowest BCUT2D eigenvalue weighted by Crippen LogP contribution is -2.63. The molecule has 0 unspecified atom stereocenters. The minimum atomic E-state index is -0.687. The highest BCUT2D eigenvalue weighted by atomic mass is 35.5. The van der Waals surface area contributed by atoms with Gasteiger partial charge in [0.15, 0.2) is 5.76 Å². The lowest BCUT2D eigenvalue weighted by atomic mass is 9.73. The summed E-state index contributed by atoms with van der Waals surface area (Å²) in [7, 11) is 0. The van der Waals surface area contributed by atoms with Gasteiger partial charge in [-0.1, -0.05) is 114 Å². The molecule has 9 heteroatoms. The Bertz CT molecular complexity index is 1850. The summed E-state index contributed by atoms with van der Waals surface area (Å²) < 4.78 is 16.7. The third-order valence-electron chi connectivity index (χ3n) is 8.54. The largest absolute Gasteiger partial charge is 0.465 e. The van der Waals surface area contributed by atoms with Gasteiger partial charge in [-0.15, -0.1) is 0 Å². The number of hydrogen-bond donors (Lipinski definition) is 1. The van der Waals surface area contributed by atoms with Crippen molar-refractivity contribution in [3.8, 4) is 22.5 Å². The minimum absolute atomic E-state index is 0.185. The Morgan fingerprint density at radius 1 is 0.915 bits per heavy atom. The van der Waals surface area contributed by atoms with Crippen molar-refractivity contribution in [1.82, 2.24) is 10.1 Å². The van der Waals surface area contributed by atoms with Crippen molar-refractivity contribution in [2.75, 3.05) is 25.0 Å². The molecule has 8 nitrogen and oxygen atoms in total. The fourth-order valence-electron chi connectivity index (χ4n) is 6.04. The van der Waals surface area contributed by atoms with Gasteiger partial charge in [0.2, 0.25) is 0 Å². The number of carbonyl (C=O) groups excluding carboxylic acids is 2. The van der Waals surface area contributed by atoms with Gasteiger partial charge in [0.25, 0.3) is 0 Å². The lowest BCUT2D eigenvalue weighted by molar-refractivity contribution is -0.158. The summed E-state index contributed by atoms with van der Waals surface area (Å²) in [5.41, 5.74) is 5.89. The average molecular weight is 650 g/mol. The van der Waals surface area contributed by atoms with Crippen molar-refractivity contribution in [3.05, 3.63) is 131 Å². The average Bonchev–Trinajstić information content (AvgIpc) is 3.42. The maximum absolute atomic E-state index is 13.2. The van der Waals surface area contributed by atoms with Gasteiger partial charge in [-0.2, -0.15) is 0 Å². The van der Waals surface area contributed by atoms with Gasteiger partial charge in [-0.05, 0) is 49.1 Å². The first kappa shape index (κ1) is 32.0. The molecule has 5 aromatic rings. The Morgan fingerprint density at radius 3 is 2.19 bits per heavy atom. The molecule has 6 rings (SSSR count). The number of esters is 1. The monoisotopic (exact) mass is 649 g/mol. The lowest BCUT2D eigenvalue weighted by Gasteiger charge is -2.48. The first-order chi connectivity index (χ1) is 22.8. The van der Waals surface area contributed by atoms with E-state index in [1.165, 1.54) is 5.56 Å². The van der Waals surface area contributed by atoms with Crippen LogP contribution in [0.3, 0.4) is 0 Å². The molecule has 1 aromatic heterocycles. The zero-order chi connectivity index (χ0) is 33.0. The number of halogens is 1. The summed E-state index contributed by atoms with van der Waals surface area (Å²) in [6.45, 7) is 7.69. The molecular formula is C38H36ClN3O5. The first-order valence-electron chi connectivity index (χ1n) is 15.6. The number of nitrogens with zero attached hydrogens (tertiary/aromatic N) is 2. The Hall–Kier alpha value is -4.92. The maximum atomic E-state index is 13.2. The van der Waals surface area contributed by atoms with E-state index in [2.05, 4.69) is 27.5 Å². The molecule has 1 aliphatic heterocycles. The maximum Gasteiger partial charge on any atom is 0.412 e. The SMILES string of the molecule is CCOC(=O)C1(c2ccc(-c3ccc(-c4onc(C)c4NC(=O)O[C@H](C)c4ccccc4Cl)cc3)cc2)CN(Cc2ccccc2)C1. The van der Waals surface area contributed by atoms with Crippen LogP contribution in [-0.2, 0) is 26.2 Å². The van der Waals surface area contributed by atoms with Crippen LogP contribution in [0.5, 0.6) is 0 Å². The molecule has 1 atom stereocenters. The smallest absolute Gasteiger partial charge is 0.412 e.